The molecule has 3 N–H and O–H groups in total. The summed E-state index contributed by atoms with van der Waals surface area (Å²) in [6.07, 6.45) is 7.72. The van der Waals surface area contributed by atoms with Crippen molar-refractivity contribution in [3.05, 3.63) is 36.3 Å². The molecule has 1 saturated heterocycles. The van der Waals surface area contributed by atoms with E-state index in [2.05, 4.69) is 50.4 Å². The van der Waals surface area contributed by atoms with Crippen molar-refractivity contribution >= 4 is 34.5 Å². The fraction of sp³-hybridized carbons (Fsp3) is 0.478. The maximum atomic E-state index is 11.8. The number of hydrogen-bond donors (Lipinski definition) is 3. The average molecular weight is 436 g/mol. The second kappa shape index (κ2) is 8.05. The minimum absolute atomic E-state index is 0.0709. The number of fused-ring (bicyclic) bond motifs is 1. The summed E-state index contributed by atoms with van der Waals surface area (Å²) in [5.41, 5.74) is 2.09. The van der Waals surface area contributed by atoms with E-state index >= 15 is 0 Å². The predicted octanol–water partition coefficient (Wildman–Crippen LogP) is 3.57. The van der Waals surface area contributed by atoms with Crippen LogP contribution in [-0.4, -0.2) is 55.8 Å². The first-order valence-electron chi connectivity index (χ1n) is 11.2. The lowest BCUT2D eigenvalue weighted by atomic mass is 10.0. The van der Waals surface area contributed by atoms with E-state index in [9.17, 15) is 9.90 Å². The van der Waals surface area contributed by atoms with E-state index in [-0.39, 0.29) is 17.3 Å². The second-order valence-corrected chi connectivity index (χ2v) is 9.37. The number of pyridine rings is 1. The third-order valence-corrected chi connectivity index (χ3v) is 6.41. The summed E-state index contributed by atoms with van der Waals surface area (Å²) in [5, 5.41) is 17.1. The first-order valence-corrected chi connectivity index (χ1v) is 11.2. The van der Waals surface area contributed by atoms with Crippen LogP contribution in [0.3, 0.4) is 0 Å². The van der Waals surface area contributed by atoms with Gasteiger partial charge in [0.1, 0.15) is 17.2 Å². The van der Waals surface area contributed by atoms with Crippen molar-refractivity contribution in [3.63, 3.8) is 0 Å². The summed E-state index contributed by atoms with van der Waals surface area (Å²) in [6.45, 7) is 7.22. The van der Waals surface area contributed by atoms with E-state index in [0.29, 0.717) is 17.4 Å². The number of carbonyl (C=O) groups is 1. The molecule has 9 nitrogen and oxygen atoms in total. The summed E-state index contributed by atoms with van der Waals surface area (Å²) >= 11 is 0. The van der Waals surface area contributed by atoms with Gasteiger partial charge >= 0.3 is 5.97 Å². The summed E-state index contributed by atoms with van der Waals surface area (Å²) in [4.78, 5) is 27.8. The van der Waals surface area contributed by atoms with Crippen molar-refractivity contribution in [2.24, 2.45) is 0 Å². The number of rotatable bonds is 5. The smallest absolute Gasteiger partial charge is 0.352 e. The van der Waals surface area contributed by atoms with Crippen molar-refractivity contribution in [1.29, 1.82) is 0 Å². The van der Waals surface area contributed by atoms with Gasteiger partial charge in [0.2, 0.25) is 5.95 Å². The van der Waals surface area contributed by atoms with Gasteiger partial charge < -0.3 is 25.2 Å². The van der Waals surface area contributed by atoms with Crippen LogP contribution in [-0.2, 0) is 0 Å². The third kappa shape index (κ3) is 4.00. The molecule has 0 unspecified atom stereocenters. The maximum absolute atomic E-state index is 11.8. The highest BCUT2D eigenvalue weighted by Gasteiger charge is 2.27. The van der Waals surface area contributed by atoms with E-state index in [4.69, 9.17) is 0 Å². The summed E-state index contributed by atoms with van der Waals surface area (Å²) in [5.74, 6) is 0.132. The van der Waals surface area contributed by atoms with Gasteiger partial charge in [-0.05, 0) is 44.9 Å². The summed E-state index contributed by atoms with van der Waals surface area (Å²) in [7, 11) is 0. The molecule has 3 aromatic heterocycles. The highest BCUT2D eigenvalue weighted by Crippen LogP contribution is 2.34. The van der Waals surface area contributed by atoms with Gasteiger partial charge in [-0.1, -0.05) is 12.8 Å². The first kappa shape index (κ1) is 20.7. The highest BCUT2D eigenvalue weighted by atomic mass is 16.4. The predicted molar refractivity (Wildman–Crippen MR) is 124 cm³/mol. The Balaban J connectivity index is 1.39. The zero-order chi connectivity index (χ0) is 22.3. The van der Waals surface area contributed by atoms with Crippen LogP contribution in [0.2, 0.25) is 0 Å². The number of nitrogens with one attached hydrogen (secondary N) is 2. The van der Waals surface area contributed by atoms with Gasteiger partial charge in [0.25, 0.3) is 0 Å². The van der Waals surface area contributed by atoms with Crippen LogP contribution in [0.25, 0.3) is 11.0 Å². The normalized spacial score (nSPS) is 18.9. The number of hydrogen-bond acceptors (Lipinski definition) is 7. The van der Waals surface area contributed by atoms with Gasteiger partial charge in [-0.3, -0.25) is 0 Å². The lowest BCUT2D eigenvalue weighted by Gasteiger charge is -2.40. The molecule has 1 aliphatic heterocycles. The van der Waals surface area contributed by atoms with Crippen LogP contribution in [0, 0.1) is 0 Å². The zero-order valence-electron chi connectivity index (χ0n) is 18.5. The van der Waals surface area contributed by atoms with Crippen molar-refractivity contribution < 1.29 is 9.90 Å². The molecule has 0 spiro atoms. The Bertz CT molecular complexity index is 1130. The number of carboxylic acids is 1. The fourth-order valence-electron chi connectivity index (χ4n) is 4.89. The van der Waals surface area contributed by atoms with Crippen LogP contribution < -0.4 is 15.5 Å². The van der Waals surface area contributed by atoms with Gasteiger partial charge in [-0.2, -0.15) is 4.98 Å². The summed E-state index contributed by atoms with van der Waals surface area (Å²) in [6, 6.07) is 5.82. The molecule has 0 atom stereocenters. The monoisotopic (exact) mass is 435 g/mol. The van der Waals surface area contributed by atoms with Crippen molar-refractivity contribution in [2.45, 2.75) is 51.1 Å². The average Bonchev–Trinajstić information content (AvgIpc) is 3.41. The molecule has 0 aromatic carbocycles. The van der Waals surface area contributed by atoms with Gasteiger partial charge in [0.15, 0.2) is 0 Å². The van der Waals surface area contributed by atoms with Crippen molar-refractivity contribution in [1.82, 2.24) is 24.8 Å². The molecular formula is C23H29N7O2. The molecule has 2 aliphatic rings. The molecule has 2 fully saturated rings. The number of aromatic nitrogens is 4. The minimum Gasteiger partial charge on any atom is -0.477 e. The lowest BCUT2D eigenvalue weighted by molar-refractivity contribution is 0.0683. The van der Waals surface area contributed by atoms with Crippen molar-refractivity contribution in [2.75, 3.05) is 29.9 Å². The molecule has 0 bridgehead atoms. The Labute approximate surface area is 186 Å². The van der Waals surface area contributed by atoms with Gasteiger partial charge in [0, 0.05) is 42.8 Å². The summed E-state index contributed by atoms with van der Waals surface area (Å²) < 4.78 is 1.88. The first-order chi connectivity index (χ1) is 15.4. The third-order valence-electron chi connectivity index (χ3n) is 6.41. The Morgan fingerprint density at radius 1 is 1.22 bits per heavy atom. The molecule has 32 heavy (non-hydrogen) atoms. The Morgan fingerprint density at radius 3 is 2.72 bits per heavy atom. The van der Waals surface area contributed by atoms with Gasteiger partial charge in [-0.15, -0.1) is 0 Å². The van der Waals surface area contributed by atoms with E-state index in [1.807, 2.05) is 16.8 Å². The molecule has 5 rings (SSSR count). The molecule has 1 saturated carbocycles. The lowest BCUT2D eigenvalue weighted by Crippen LogP contribution is -2.57. The topological polar surface area (TPSA) is 108 Å². The van der Waals surface area contributed by atoms with E-state index < -0.39 is 5.97 Å². The van der Waals surface area contributed by atoms with Crippen molar-refractivity contribution in [3.8, 4) is 0 Å². The molecule has 0 amide bonds. The van der Waals surface area contributed by atoms with Crippen LogP contribution in [0.4, 0.5) is 17.5 Å². The molecule has 3 aromatic rings. The zero-order valence-corrected chi connectivity index (χ0v) is 18.5. The Kier molecular flexibility index (Phi) is 5.21. The Morgan fingerprint density at radius 2 is 2.03 bits per heavy atom. The fourth-order valence-corrected chi connectivity index (χ4v) is 4.89. The largest absolute Gasteiger partial charge is 0.477 e. The highest BCUT2D eigenvalue weighted by molar-refractivity contribution is 5.93. The quantitative estimate of drug-likeness (QED) is 0.558. The van der Waals surface area contributed by atoms with E-state index in [1.165, 1.54) is 0 Å². The SMILES string of the molecule is CC1(C)CN(c2ccc(Nc3ncc4cc(C(=O)O)n(C5CCCC5)c4n3)nc2)CCN1. The van der Waals surface area contributed by atoms with Gasteiger partial charge in [0.05, 0.1) is 11.9 Å². The Hall–Kier alpha value is -3.20. The standard InChI is InChI=1S/C23H29N7O2/c1-23(2)14-29(10-9-26-23)17-7-8-19(24-13-17)27-22-25-12-15-11-18(21(31)32)30(20(15)28-22)16-5-3-4-6-16/h7-8,11-13,16,26H,3-6,9-10,14H2,1-2H3,(H,31,32)(H,24,25,27,28). The van der Waals surface area contributed by atoms with E-state index in [1.54, 1.807) is 12.3 Å². The van der Waals surface area contributed by atoms with Crippen LogP contribution >= 0.6 is 0 Å². The van der Waals surface area contributed by atoms with Crippen LogP contribution in [0.15, 0.2) is 30.6 Å². The molecule has 1 aliphatic carbocycles. The molecule has 9 heteroatoms. The van der Waals surface area contributed by atoms with Crippen LogP contribution in [0.1, 0.15) is 56.1 Å². The number of carboxylic acid groups (broad SMARTS) is 1. The van der Waals surface area contributed by atoms with E-state index in [0.717, 1.165) is 56.4 Å². The number of piperazine rings is 1. The van der Waals surface area contributed by atoms with Gasteiger partial charge in [-0.25, -0.2) is 14.8 Å². The number of anilines is 3. The number of aromatic carboxylic acids is 1. The maximum Gasteiger partial charge on any atom is 0.352 e. The number of nitrogens with zero attached hydrogens (tertiary/aromatic N) is 5. The molecule has 0 radical (unpaired) electrons. The molecule has 4 heterocycles. The van der Waals surface area contributed by atoms with Crippen LogP contribution in [0.5, 0.6) is 0 Å². The molecule has 168 valence electrons. The minimum atomic E-state index is -0.933. The molecular weight excluding hydrogens is 406 g/mol. The second-order valence-electron chi connectivity index (χ2n) is 9.37.